The van der Waals surface area contributed by atoms with Crippen LogP contribution < -0.4 is 15.2 Å². The molecule has 5 heteroatoms. The highest BCUT2D eigenvalue weighted by Crippen LogP contribution is 2.34. The lowest BCUT2D eigenvalue weighted by Crippen LogP contribution is -2.02. The highest BCUT2D eigenvalue weighted by Gasteiger charge is 2.13. The first kappa shape index (κ1) is 13.7. The molecule has 2 rings (SSSR count). The third kappa shape index (κ3) is 2.52. The number of hydrogen-bond acceptors (Lipinski definition) is 4. The Morgan fingerprint density at radius 3 is 2.47 bits per heavy atom. The van der Waals surface area contributed by atoms with Gasteiger partial charge < -0.3 is 24.9 Å². The summed E-state index contributed by atoms with van der Waals surface area (Å²) in [5, 5.41) is 10.2. The average Bonchev–Trinajstić information content (AvgIpc) is 2.76. The molecule has 0 radical (unpaired) electrons. The Kier molecular flexibility index (Phi) is 4.29. The van der Waals surface area contributed by atoms with Crippen molar-refractivity contribution in [2.75, 3.05) is 27.4 Å². The third-order valence-electron chi connectivity index (χ3n) is 3.22. The van der Waals surface area contributed by atoms with Gasteiger partial charge in [-0.05, 0) is 24.6 Å². The fraction of sp³-hybridized carbons (Fsp3) is 0.429. The van der Waals surface area contributed by atoms with E-state index in [0.29, 0.717) is 24.6 Å². The fourth-order valence-electron chi connectivity index (χ4n) is 2.34. The number of benzene rings is 1. The van der Waals surface area contributed by atoms with E-state index >= 15 is 0 Å². The molecule has 104 valence electrons. The van der Waals surface area contributed by atoms with Crippen LogP contribution in [0.1, 0.15) is 5.56 Å². The molecule has 0 unspecified atom stereocenters. The second-order valence-electron chi connectivity index (χ2n) is 4.33. The monoisotopic (exact) mass is 264 g/mol. The molecule has 0 bridgehead atoms. The summed E-state index contributed by atoms with van der Waals surface area (Å²) >= 11 is 0. The summed E-state index contributed by atoms with van der Waals surface area (Å²) in [5.74, 6) is 1.39. The van der Waals surface area contributed by atoms with Crippen LogP contribution >= 0.6 is 0 Å². The molecule has 0 aliphatic rings. The van der Waals surface area contributed by atoms with Gasteiger partial charge in [0.2, 0.25) is 0 Å². The summed E-state index contributed by atoms with van der Waals surface area (Å²) in [6.07, 6.45) is 2.83. The largest absolute Gasteiger partial charge is 0.493 e. The van der Waals surface area contributed by atoms with Gasteiger partial charge in [-0.3, -0.25) is 0 Å². The minimum atomic E-state index is 0.0974. The minimum Gasteiger partial charge on any atom is -0.493 e. The van der Waals surface area contributed by atoms with Crippen LogP contribution in [0, 0.1) is 0 Å². The molecule has 1 aromatic carbocycles. The first-order valence-electron chi connectivity index (χ1n) is 6.29. The van der Waals surface area contributed by atoms with Gasteiger partial charge in [-0.15, -0.1) is 0 Å². The Hall–Kier alpha value is -1.72. The normalized spacial score (nSPS) is 10.9. The highest BCUT2D eigenvalue weighted by molar-refractivity contribution is 5.87. The van der Waals surface area contributed by atoms with Crippen LogP contribution in [0.3, 0.4) is 0 Å². The molecule has 0 saturated heterocycles. The van der Waals surface area contributed by atoms with Crippen molar-refractivity contribution < 1.29 is 14.6 Å². The second-order valence-corrected chi connectivity index (χ2v) is 4.33. The predicted molar refractivity (Wildman–Crippen MR) is 74.9 cm³/mol. The lowest BCUT2D eigenvalue weighted by Gasteiger charge is -2.09. The van der Waals surface area contributed by atoms with Crippen LogP contribution in [0.4, 0.5) is 0 Å². The Morgan fingerprint density at radius 1 is 1.21 bits per heavy atom. The maximum Gasteiger partial charge on any atom is 0.162 e. The first-order chi connectivity index (χ1) is 9.24. The number of hydrogen-bond donors (Lipinski definition) is 2. The van der Waals surface area contributed by atoms with E-state index in [2.05, 4.69) is 0 Å². The fourth-order valence-corrected chi connectivity index (χ4v) is 2.34. The Balaban J connectivity index is 2.63. The van der Waals surface area contributed by atoms with Gasteiger partial charge in [0, 0.05) is 24.2 Å². The third-order valence-corrected chi connectivity index (χ3v) is 3.22. The van der Waals surface area contributed by atoms with Gasteiger partial charge in [0.15, 0.2) is 11.5 Å². The lowest BCUT2D eigenvalue weighted by atomic mass is 10.1. The molecule has 0 amide bonds. The van der Waals surface area contributed by atoms with E-state index in [1.807, 2.05) is 22.9 Å². The minimum absolute atomic E-state index is 0.0974. The maximum absolute atomic E-state index is 9.14. The zero-order valence-electron chi connectivity index (χ0n) is 11.3. The molecule has 0 aliphatic heterocycles. The zero-order chi connectivity index (χ0) is 13.8. The van der Waals surface area contributed by atoms with Gasteiger partial charge in [0.05, 0.1) is 26.3 Å². The van der Waals surface area contributed by atoms with Crippen molar-refractivity contribution in [1.29, 1.82) is 0 Å². The van der Waals surface area contributed by atoms with Crippen molar-refractivity contribution in [2.24, 2.45) is 5.73 Å². The molecule has 1 aromatic heterocycles. The Labute approximate surface area is 112 Å². The molecule has 0 aliphatic carbocycles. The van der Waals surface area contributed by atoms with Crippen LogP contribution in [0.25, 0.3) is 10.9 Å². The zero-order valence-corrected chi connectivity index (χ0v) is 11.3. The summed E-state index contributed by atoms with van der Waals surface area (Å²) in [4.78, 5) is 0. The van der Waals surface area contributed by atoms with E-state index in [4.69, 9.17) is 20.3 Å². The summed E-state index contributed by atoms with van der Waals surface area (Å²) in [6, 6.07) is 3.90. The summed E-state index contributed by atoms with van der Waals surface area (Å²) in [5.41, 5.74) is 7.83. The van der Waals surface area contributed by atoms with Gasteiger partial charge in [0.1, 0.15) is 0 Å². The molecule has 19 heavy (non-hydrogen) atoms. The average molecular weight is 264 g/mol. The van der Waals surface area contributed by atoms with E-state index in [1.54, 1.807) is 14.2 Å². The smallest absolute Gasteiger partial charge is 0.162 e. The van der Waals surface area contributed by atoms with Gasteiger partial charge in [0.25, 0.3) is 0 Å². The maximum atomic E-state index is 9.14. The van der Waals surface area contributed by atoms with Crippen LogP contribution in [0.5, 0.6) is 11.5 Å². The van der Waals surface area contributed by atoms with Crippen LogP contribution in [-0.2, 0) is 13.0 Å². The number of fused-ring (bicyclic) bond motifs is 1. The number of nitrogens with two attached hydrogens (primary N) is 1. The van der Waals surface area contributed by atoms with Gasteiger partial charge >= 0.3 is 0 Å². The number of aliphatic hydroxyl groups excluding tert-OH is 1. The van der Waals surface area contributed by atoms with Crippen molar-refractivity contribution in [3.63, 3.8) is 0 Å². The molecule has 5 nitrogen and oxygen atoms in total. The molecule has 0 saturated carbocycles. The quantitative estimate of drug-likeness (QED) is 0.821. The predicted octanol–water partition coefficient (Wildman–Crippen LogP) is 1.15. The molecule has 3 N–H and O–H groups in total. The standard InChI is InChI=1S/C14H20N2O3/c1-18-13-7-11-10(3-4-15)9-16(5-6-17)12(11)8-14(13)19-2/h7-9,17H,3-6,15H2,1-2H3. The first-order valence-corrected chi connectivity index (χ1v) is 6.29. The molecule has 2 aromatic rings. The highest BCUT2D eigenvalue weighted by atomic mass is 16.5. The van der Waals surface area contributed by atoms with Crippen molar-refractivity contribution in [3.8, 4) is 11.5 Å². The van der Waals surface area contributed by atoms with Crippen LogP contribution in [0.2, 0.25) is 0 Å². The lowest BCUT2D eigenvalue weighted by molar-refractivity contribution is 0.278. The van der Waals surface area contributed by atoms with Crippen LogP contribution in [-0.4, -0.2) is 37.0 Å². The number of rotatable bonds is 6. The van der Waals surface area contributed by atoms with E-state index in [9.17, 15) is 0 Å². The van der Waals surface area contributed by atoms with Crippen molar-refractivity contribution in [3.05, 3.63) is 23.9 Å². The Morgan fingerprint density at radius 2 is 1.89 bits per heavy atom. The number of aromatic nitrogens is 1. The Bertz CT molecular complexity index is 515. The topological polar surface area (TPSA) is 69.6 Å². The van der Waals surface area contributed by atoms with E-state index in [-0.39, 0.29) is 6.61 Å². The van der Waals surface area contributed by atoms with E-state index in [1.165, 1.54) is 0 Å². The second kappa shape index (κ2) is 5.95. The molecule has 0 fully saturated rings. The van der Waals surface area contributed by atoms with Gasteiger partial charge in [-0.2, -0.15) is 0 Å². The number of nitrogens with zero attached hydrogens (tertiary/aromatic N) is 1. The van der Waals surface area contributed by atoms with Gasteiger partial charge in [-0.25, -0.2) is 0 Å². The number of aliphatic hydroxyl groups is 1. The SMILES string of the molecule is COc1cc2c(CCN)cn(CCO)c2cc1OC. The number of methoxy groups -OCH3 is 2. The molecule has 0 atom stereocenters. The molecular weight excluding hydrogens is 244 g/mol. The van der Waals surface area contributed by atoms with Gasteiger partial charge in [-0.1, -0.05) is 0 Å². The van der Waals surface area contributed by atoms with Crippen molar-refractivity contribution >= 4 is 10.9 Å². The molecule has 1 heterocycles. The summed E-state index contributed by atoms with van der Waals surface area (Å²) in [6.45, 7) is 1.24. The summed E-state index contributed by atoms with van der Waals surface area (Å²) in [7, 11) is 3.24. The van der Waals surface area contributed by atoms with Crippen LogP contribution in [0.15, 0.2) is 18.3 Å². The van der Waals surface area contributed by atoms with E-state index in [0.717, 1.165) is 22.9 Å². The van der Waals surface area contributed by atoms with E-state index < -0.39 is 0 Å². The summed E-state index contributed by atoms with van der Waals surface area (Å²) < 4.78 is 12.7. The molecule has 0 spiro atoms. The van der Waals surface area contributed by atoms with Crippen molar-refractivity contribution in [2.45, 2.75) is 13.0 Å². The number of ether oxygens (including phenoxy) is 2. The van der Waals surface area contributed by atoms with Crippen molar-refractivity contribution in [1.82, 2.24) is 4.57 Å². The molecular formula is C14H20N2O3.